The fourth-order valence-electron chi connectivity index (χ4n) is 2.35. The lowest BCUT2D eigenvalue weighted by Gasteiger charge is -2.34. The number of piperidine rings is 1. The van der Waals surface area contributed by atoms with Gasteiger partial charge in [-0.05, 0) is 18.3 Å². The number of thiazole rings is 1. The van der Waals surface area contributed by atoms with Crippen LogP contribution in [0.1, 0.15) is 26.0 Å². The number of anilines is 1. The van der Waals surface area contributed by atoms with Gasteiger partial charge in [0.25, 0.3) is 0 Å². The van der Waals surface area contributed by atoms with E-state index in [0.29, 0.717) is 6.54 Å². The SMILES string of the molecule is CC1CC(C)CN(c2nc(CN)cs2)C1. The Morgan fingerprint density at radius 3 is 2.67 bits per heavy atom. The third kappa shape index (κ3) is 2.49. The molecule has 2 heterocycles. The highest BCUT2D eigenvalue weighted by molar-refractivity contribution is 7.13. The van der Waals surface area contributed by atoms with Gasteiger partial charge in [-0.2, -0.15) is 0 Å². The van der Waals surface area contributed by atoms with Crippen molar-refractivity contribution < 1.29 is 0 Å². The van der Waals surface area contributed by atoms with Crippen molar-refractivity contribution in [3.8, 4) is 0 Å². The molecular formula is C11H19N3S. The topological polar surface area (TPSA) is 42.2 Å². The van der Waals surface area contributed by atoms with E-state index in [1.54, 1.807) is 11.3 Å². The Hall–Kier alpha value is -0.610. The fraction of sp³-hybridized carbons (Fsp3) is 0.727. The van der Waals surface area contributed by atoms with Crippen molar-refractivity contribution in [1.29, 1.82) is 0 Å². The molecule has 15 heavy (non-hydrogen) atoms. The highest BCUT2D eigenvalue weighted by atomic mass is 32.1. The van der Waals surface area contributed by atoms with Crippen LogP contribution in [0.5, 0.6) is 0 Å². The molecule has 1 fully saturated rings. The number of aromatic nitrogens is 1. The molecule has 0 saturated carbocycles. The van der Waals surface area contributed by atoms with Crippen LogP contribution in [0.4, 0.5) is 5.13 Å². The number of nitrogens with two attached hydrogens (primary N) is 1. The van der Waals surface area contributed by atoms with Gasteiger partial charge in [-0.15, -0.1) is 11.3 Å². The predicted octanol–water partition coefficient (Wildman–Crippen LogP) is 2.08. The second kappa shape index (κ2) is 4.49. The molecule has 0 radical (unpaired) electrons. The van der Waals surface area contributed by atoms with Crippen LogP contribution < -0.4 is 10.6 Å². The van der Waals surface area contributed by atoms with Crippen LogP contribution in [0.15, 0.2) is 5.38 Å². The molecule has 2 atom stereocenters. The van der Waals surface area contributed by atoms with Gasteiger partial charge in [0.05, 0.1) is 5.69 Å². The summed E-state index contributed by atoms with van der Waals surface area (Å²) in [4.78, 5) is 6.95. The highest BCUT2D eigenvalue weighted by Gasteiger charge is 2.23. The molecule has 0 aliphatic carbocycles. The molecule has 2 rings (SSSR count). The Morgan fingerprint density at radius 1 is 1.47 bits per heavy atom. The Morgan fingerprint density at radius 2 is 2.13 bits per heavy atom. The molecule has 0 bridgehead atoms. The quantitative estimate of drug-likeness (QED) is 0.838. The summed E-state index contributed by atoms with van der Waals surface area (Å²) in [7, 11) is 0. The van der Waals surface area contributed by atoms with Gasteiger partial charge in [-0.25, -0.2) is 4.98 Å². The molecule has 1 aliphatic heterocycles. The smallest absolute Gasteiger partial charge is 0.185 e. The standard InChI is InChI=1S/C11H19N3S/c1-8-3-9(2)6-14(5-8)11-13-10(4-12)7-15-11/h7-9H,3-6,12H2,1-2H3. The van der Waals surface area contributed by atoms with Crippen molar-refractivity contribution >= 4 is 16.5 Å². The van der Waals surface area contributed by atoms with Crippen LogP contribution in [0, 0.1) is 11.8 Å². The molecule has 1 saturated heterocycles. The van der Waals surface area contributed by atoms with E-state index < -0.39 is 0 Å². The monoisotopic (exact) mass is 225 g/mol. The van der Waals surface area contributed by atoms with Crippen LogP contribution in [0.25, 0.3) is 0 Å². The minimum absolute atomic E-state index is 0.551. The summed E-state index contributed by atoms with van der Waals surface area (Å²) in [5.74, 6) is 1.55. The van der Waals surface area contributed by atoms with Gasteiger partial charge in [0, 0.05) is 25.0 Å². The number of nitrogens with zero attached hydrogens (tertiary/aromatic N) is 2. The van der Waals surface area contributed by atoms with Crippen LogP contribution in [0.2, 0.25) is 0 Å². The first kappa shape index (κ1) is 10.9. The van der Waals surface area contributed by atoms with Crippen LogP contribution in [0.3, 0.4) is 0 Å². The number of hydrogen-bond donors (Lipinski definition) is 1. The van der Waals surface area contributed by atoms with Gasteiger partial charge < -0.3 is 10.6 Å². The lowest BCUT2D eigenvalue weighted by molar-refractivity contribution is 0.356. The maximum Gasteiger partial charge on any atom is 0.185 e. The summed E-state index contributed by atoms with van der Waals surface area (Å²) in [6.45, 7) is 7.47. The Labute approximate surface area is 95.3 Å². The van der Waals surface area contributed by atoms with Gasteiger partial charge in [-0.1, -0.05) is 13.8 Å². The highest BCUT2D eigenvalue weighted by Crippen LogP contribution is 2.28. The molecule has 1 aliphatic rings. The molecule has 2 unspecified atom stereocenters. The van der Waals surface area contributed by atoms with Crippen molar-refractivity contribution in [2.45, 2.75) is 26.8 Å². The zero-order valence-electron chi connectivity index (χ0n) is 9.44. The van der Waals surface area contributed by atoms with Crippen molar-refractivity contribution in [3.63, 3.8) is 0 Å². The molecule has 2 N–H and O–H groups in total. The maximum atomic E-state index is 5.57. The van der Waals surface area contributed by atoms with Gasteiger partial charge in [0.15, 0.2) is 5.13 Å². The molecule has 0 spiro atoms. The van der Waals surface area contributed by atoms with E-state index in [-0.39, 0.29) is 0 Å². The predicted molar refractivity (Wildman–Crippen MR) is 65.2 cm³/mol. The van der Waals surface area contributed by atoms with Gasteiger partial charge in [0.2, 0.25) is 0 Å². The van der Waals surface area contributed by atoms with Crippen molar-refractivity contribution in [2.24, 2.45) is 17.6 Å². The first-order valence-corrected chi connectivity index (χ1v) is 6.46. The Kier molecular flexibility index (Phi) is 3.26. The fourth-order valence-corrected chi connectivity index (χ4v) is 3.21. The summed E-state index contributed by atoms with van der Waals surface area (Å²) >= 11 is 1.72. The molecule has 1 aromatic rings. The first-order chi connectivity index (χ1) is 7.19. The average Bonchev–Trinajstić information content (AvgIpc) is 2.64. The number of hydrogen-bond acceptors (Lipinski definition) is 4. The molecule has 3 nitrogen and oxygen atoms in total. The zero-order chi connectivity index (χ0) is 10.8. The molecule has 0 amide bonds. The normalized spacial score (nSPS) is 27.0. The lowest BCUT2D eigenvalue weighted by atomic mass is 9.92. The van der Waals surface area contributed by atoms with Crippen molar-refractivity contribution in [1.82, 2.24) is 4.98 Å². The molecule has 0 aromatic carbocycles. The number of rotatable bonds is 2. The third-order valence-corrected chi connectivity index (χ3v) is 3.84. The van der Waals surface area contributed by atoms with E-state index in [1.165, 1.54) is 6.42 Å². The van der Waals surface area contributed by atoms with Gasteiger partial charge >= 0.3 is 0 Å². The van der Waals surface area contributed by atoms with Crippen molar-refractivity contribution in [2.75, 3.05) is 18.0 Å². The van der Waals surface area contributed by atoms with E-state index in [2.05, 4.69) is 29.1 Å². The first-order valence-electron chi connectivity index (χ1n) is 5.58. The van der Waals surface area contributed by atoms with Gasteiger partial charge in [0.1, 0.15) is 0 Å². The van der Waals surface area contributed by atoms with Gasteiger partial charge in [-0.3, -0.25) is 0 Å². The summed E-state index contributed by atoms with van der Waals surface area (Å²) in [5, 5.41) is 3.22. The zero-order valence-corrected chi connectivity index (χ0v) is 10.3. The minimum Gasteiger partial charge on any atom is -0.348 e. The molecule has 84 valence electrons. The van der Waals surface area contributed by atoms with Crippen LogP contribution in [-0.4, -0.2) is 18.1 Å². The molecule has 4 heteroatoms. The van der Waals surface area contributed by atoms with E-state index in [4.69, 9.17) is 5.73 Å². The van der Waals surface area contributed by atoms with E-state index >= 15 is 0 Å². The van der Waals surface area contributed by atoms with Crippen molar-refractivity contribution in [3.05, 3.63) is 11.1 Å². The lowest BCUT2D eigenvalue weighted by Crippen LogP contribution is -2.38. The second-order valence-electron chi connectivity index (χ2n) is 4.68. The summed E-state index contributed by atoms with van der Waals surface area (Å²) < 4.78 is 0. The van der Waals surface area contributed by atoms with E-state index in [9.17, 15) is 0 Å². The third-order valence-electron chi connectivity index (χ3n) is 2.89. The molecule has 1 aromatic heterocycles. The summed E-state index contributed by atoms with van der Waals surface area (Å²) in [5.41, 5.74) is 6.59. The second-order valence-corrected chi connectivity index (χ2v) is 5.51. The van der Waals surface area contributed by atoms with Crippen LogP contribution in [-0.2, 0) is 6.54 Å². The maximum absolute atomic E-state index is 5.57. The summed E-state index contributed by atoms with van der Waals surface area (Å²) in [6, 6.07) is 0. The summed E-state index contributed by atoms with van der Waals surface area (Å²) in [6.07, 6.45) is 1.34. The molecular weight excluding hydrogens is 206 g/mol. The average molecular weight is 225 g/mol. The Balaban J connectivity index is 2.09. The largest absolute Gasteiger partial charge is 0.348 e. The van der Waals surface area contributed by atoms with E-state index in [0.717, 1.165) is 35.8 Å². The Bertz CT molecular complexity index is 313. The van der Waals surface area contributed by atoms with E-state index in [1.807, 2.05) is 0 Å². The minimum atomic E-state index is 0.551. The van der Waals surface area contributed by atoms with Crippen LogP contribution >= 0.6 is 11.3 Å².